The lowest BCUT2D eigenvalue weighted by molar-refractivity contribution is 0.0940. The van der Waals surface area contributed by atoms with Gasteiger partial charge < -0.3 is 5.32 Å². The van der Waals surface area contributed by atoms with Crippen LogP contribution in [-0.2, 0) is 6.54 Å². The molecule has 2 aromatic carbocycles. The van der Waals surface area contributed by atoms with Crippen LogP contribution in [0.1, 0.15) is 34.5 Å². The lowest BCUT2D eigenvalue weighted by atomic mass is 10.1. The van der Waals surface area contributed by atoms with Gasteiger partial charge in [0.2, 0.25) is 0 Å². The summed E-state index contributed by atoms with van der Waals surface area (Å²) in [5.74, 6) is -0.112. The summed E-state index contributed by atoms with van der Waals surface area (Å²) in [5, 5.41) is 9.82. The third-order valence-corrected chi connectivity index (χ3v) is 5.47. The molecule has 2 heterocycles. The van der Waals surface area contributed by atoms with Crippen LogP contribution in [-0.4, -0.2) is 15.7 Å². The monoisotopic (exact) mass is 387 g/mol. The van der Waals surface area contributed by atoms with Gasteiger partial charge in [-0.1, -0.05) is 66.7 Å². The summed E-state index contributed by atoms with van der Waals surface area (Å²) in [6, 6.07) is 24.0. The first kappa shape index (κ1) is 18.2. The highest BCUT2D eigenvalue weighted by Crippen LogP contribution is 2.27. The number of amides is 1. The van der Waals surface area contributed by atoms with Crippen molar-refractivity contribution in [3.05, 3.63) is 101 Å². The number of nitrogens with zero attached hydrogens (tertiary/aromatic N) is 2. The van der Waals surface area contributed by atoms with E-state index in [9.17, 15) is 4.79 Å². The van der Waals surface area contributed by atoms with Crippen LogP contribution in [0.2, 0.25) is 0 Å². The Bertz CT molecular complexity index is 1040. The van der Waals surface area contributed by atoms with Gasteiger partial charge in [0.25, 0.3) is 5.91 Å². The number of hydrogen-bond donors (Lipinski definition) is 1. The Labute approximate surface area is 168 Å². The summed E-state index contributed by atoms with van der Waals surface area (Å²) < 4.78 is 1.84. The molecule has 28 heavy (non-hydrogen) atoms. The Morgan fingerprint density at radius 3 is 2.43 bits per heavy atom. The SMILES string of the molecule is CC(NC(=O)c1cn(Cc2ccccc2)nc1-c1cccs1)c1ccccc1. The smallest absolute Gasteiger partial charge is 0.255 e. The van der Waals surface area contributed by atoms with E-state index in [1.165, 1.54) is 0 Å². The average Bonchev–Trinajstić information content (AvgIpc) is 3.39. The average molecular weight is 388 g/mol. The number of carbonyl (C=O) groups is 1. The van der Waals surface area contributed by atoms with Crippen LogP contribution in [0, 0.1) is 0 Å². The van der Waals surface area contributed by atoms with Gasteiger partial charge in [0.05, 0.1) is 23.0 Å². The van der Waals surface area contributed by atoms with Gasteiger partial charge in [0, 0.05) is 6.20 Å². The number of thiophene rings is 1. The molecule has 0 bridgehead atoms. The fourth-order valence-corrected chi connectivity index (χ4v) is 3.86. The summed E-state index contributed by atoms with van der Waals surface area (Å²) in [7, 11) is 0. The van der Waals surface area contributed by atoms with Crippen LogP contribution >= 0.6 is 11.3 Å². The Morgan fingerprint density at radius 2 is 1.75 bits per heavy atom. The van der Waals surface area contributed by atoms with E-state index in [2.05, 4.69) is 17.4 Å². The minimum atomic E-state index is -0.112. The maximum Gasteiger partial charge on any atom is 0.255 e. The van der Waals surface area contributed by atoms with E-state index in [4.69, 9.17) is 5.10 Å². The lowest BCUT2D eigenvalue weighted by Gasteiger charge is -2.14. The largest absolute Gasteiger partial charge is 0.345 e. The van der Waals surface area contributed by atoms with Crippen LogP contribution in [0.25, 0.3) is 10.6 Å². The van der Waals surface area contributed by atoms with Crippen molar-refractivity contribution in [3.63, 3.8) is 0 Å². The molecule has 0 fully saturated rings. The molecule has 4 nitrogen and oxygen atoms in total. The summed E-state index contributed by atoms with van der Waals surface area (Å²) >= 11 is 1.59. The lowest BCUT2D eigenvalue weighted by Crippen LogP contribution is -2.26. The maximum absolute atomic E-state index is 13.1. The molecule has 0 aliphatic heterocycles. The van der Waals surface area contributed by atoms with E-state index in [1.807, 2.05) is 83.8 Å². The maximum atomic E-state index is 13.1. The van der Waals surface area contributed by atoms with Crippen molar-refractivity contribution >= 4 is 17.2 Å². The van der Waals surface area contributed by atoms with Crippen LogP contribution < -0.4 is 5.32 Å². The second kappa shape index (κ2) is 8.23. The third kappa shape index (κ3) is 4.05. The number of rotatable bonds is 6. The molecular weight excluding hydrogens is 366 g/mol. The van der Waals surface area contributed by atoms with Crippen molar-refractivity contribution in [2.24, 2.45) is 0 Å². The first-order valence-corrected chi connectivity index (χ1v) is 10.1. The molecule has 2 aromatic heterocycles. The van der Waals surface area contributed by atoms with Crippen LogP contribution in [0.4, 0.5) is 0 Å². The van der Waals surface area contributed by atoms with Crippen molar-refractivity contribution in [1.82, 2.24) is 15.1 Å². The topological polar surface area (TPSA) is 46.9 Å². The highest BCUT2D eigenvalue weighted by Gasteiger charge is 2.20. The normalized spacial score (nSPS) is 11.9. The van der Waals surface area contributed by atoms with E-state index in [1.54, 1.807) is 11.3 Å². The zero-order valence-electron chi connectivity index (χ0n) is 15.6. The zero-order chi connectivity index (χ0) is 19.3. The number of benzene rings is 2. The van der Waals surface area contributed by atoms with E-state index in [-0.39, 0.29) is 11.9 Å². The molecular formula is C23H21N3OS. The molecule has 140 valence electrons. The van der Waals surface area contributed by atoms with E-state index < -0.39 is 0 Å². The number of nitrogens with one attached hydrogen (secondary N) is 1. The standard InChI is InChI=1S/C23H21N3OS/c1-17(19-11-6-3-7-12-19)24-23(27)20-16-26(15-18-9-4-2-5-10-18)25-22(20)21-13-8-14-28-21/h2-14,16-17H,15H2,1H3,(H,24,27). The Balaban J connectivity index is 1.62. The molecule has 0 aliphatic rings. The van der Waals surface area contributed by atoms with Crippen molar-refractivity contribution in [3.8, 4) is 10.6 Å². The van der Waals surface area contributed by atoms with Gasteiger partial charge in [0.15, 0.2) is 0 Å². The first-order valence-electron chi connectivity index (χ1n) is 9.22. The summed E-state index contributed by atoms with van der Waals surface area (Å²) in [4.78, 5) is 14.0. The van der Waals surface area contributed by atoms with Crippen molar-refractivity contribution in [2.45, 2.75) is 19.5 Å². The number of hydrogen-bond acceptors (Lipinski definition) is 3. The molecule has 4 aromatic rings. The van der Waals surface area contributed by atoms with Gasteiger partial charge in [-0.05, 0) is 29.5 Å². The van der Waals surface area contributed by atoms with Crippen LogP contribution in [0.3, 0.4) is 0 Å². The van der Waals surface area contributed by atoms with E-state index >= 15 is 0 Å². The van der Waals surface area contributed by atoms with Gasteiger partial charge in [-0.25, -0.2) is 0 Å². The Morgan fingerprint density at radius 1 is 1.04 bits per heavy atom. The van der Waals surface area contributed by atoms with Crippen molar-refractivity contribution < 1.29 is 4.79 Å². The molecule has 1 N–H and O–H groups in total. The van der Waals surface area contributed by atoms with Crippen molar-refractivity contribution in [1.29, 1.82) is 0 Å². The molecule has 0 aliphatic carbocycles. The van der Waals surface area contributed by atoms with Gasteiger partial charge in [0.1, 0.15) is 5.69 Å². The molecule has 4 rings (SSSR count). The molecule has 1 amide bonds. The molecule has 0 radical (unpaired) electrons. The Hall–Kier alpha value is -3.18. The van der Waals surface area contributed by atoms with E-state index in [0.29, 0.717) is 12.1 Å². The quantitative estimate of drug-likeness (QED) is 0.497. The summed E-state index contributed by atoms with van der Waals surface area (Å²) in [6.07, 6.45) is 1.84. The zero-order valence-corrected chi connectivity index (χ0v) is 16.4. The molecule has 1 unspecified atom stereocenters. The fraction of sp³-hybridized carbons (Fsp3) is 0.130. The third-order valence-electron chi connectivity index (χ3n) is 4.60. The Kier molecular flexibility index (Phi) is 5.35. The van der Waals surface area contributed by atoms with Gasteiger partial charge in [-0.15, -0.1) is 11.3 Å². The first-order chi connectivity index (χ1) is 13.7. The summed E-state index contributed by atoms with van der Waals surface area (Å²) in [6.45, 7) is 2.62. The molecule has 0 saturated heterocycles. The van der Waals surface area contributed by atoms with Crippen molar-refractivity contribution in [2.75, 3.05) is 0 Å². The number of carbonyl (C=O) groups excluding carboxylic acids is 1. The van der Waals surface area contributed by atoms with Crippen LogP contribution in [0.5, 0.6) is 0 Å². The second-order valence-corrected chi connectivity index (χ2v) is 7.61. The molecule has 0 saturated carbocycles. The highest BCUT2D eigenvalue weighted by atomic mass is 32.1. The van der Waals surface area contributed by atoms with Gasteiger partial charge in [-0.3, -0.25) is 9.48 Å². The fourth-order valence-electron chi connectivity index (χ4n) is 3.13. The summed E-state index contributed by atoms with van der Waals surface area (Å²) in [5.41, 5.74) is 3.54. The second-order valence-electron chi connectivity index (χ2n) is 6.66. The van der Waals surface area contributed by atoms with Gasteiger partial charge in [-0.2, -0.15) is 5.10 Å². The molecule has 1 atom stereocenters. The van der Waals surface area contributed by atoms with Crippen LogP contribution in [0.15, 0.2) is 84.4 Å². The minimum Gasteiger partial charge on any atom is -0.345 e. The molecule has 5 heteroatoms. The number of aromatic nitrogens is 2. The minimum absolute atomic E-state index is 0.0811. The predicted octanol–water partition coefficient (Wildman–Crippen LogP) is 5.15. The van der Waals surface area contributed by atoms with E-state index in [0.717, 1.165) is 21.7 Å². The molecule has 0 spiro atoms. The van der Waals surface area contributed by atoms with Gasteiger partial charge >= 0.3 is 0 Å². The predicted molar refractivity (Wildman–Crippen MR) is 113 cm³/mol. The highest BCUT2D eigenvalue weighted by molar-refractivity contribution is 7.13.